The van der Waals surface area contributed by atoms with Gasteiger partial charge in [-0.25, -0.2) is 0 Å². The van der Waals surface area contributed by atoms with Crippen LogP contribution < -0.4 is 5.73 Å². The Balaban J connectivity index is 2.01. The smallest absolute Gasteiger partial charge is 0.122 e. The summed E-state index contributed by atoms with van der Waals surface area (Å²) < 4.78 is 0. The van der Waals surface area contributed by atoms with Gasteiger partial charge in [0.1, 0.15) is 5.84 Å². The summed E-state index contributed by atoms with van der Waals surface area (Å²) in [4.78, 5) is 6.32. The van der Waals surface area contributed by atoms with E-state index in [9.17, 15) is 0 Å². The highest BCUT2D eigenvalue weighted by atomic mass is 15.1. The lowest BCUT2D eigenvalue weighted by molar-refractivity contribution is 0.318. The molecule has 3 N–H and O–H groups in total. The molecule has 0 radical (unpaired) electrons. The molecule has 0 saturated heterocycles. The molecule has 2 aromatic rings. The van der Waals surface area contributed by atoms with Crippen LogP contribution in [0, 0.1) is 5.41 Å². The molecule has 0 aliphatic rings. The highest BCUT2D eigenvalue weighted by Crippen LogP contribution is 2.09. The Morgan fingerprint density at radius 2 is 1.95 bits per heavy atom. The molecule has 0 aliphatic heterocycles. The van der Waals surface area contributed by atoms with Crippen molar-refractivity contribution in [3.05, 3.63) is 65.5 Å². The molecule has 4 nitrogen and oxygen atoms in total. The van der Waals surface area contributed by atoms with Crippen molar-refractivity contribution in [2.45, 2.75) is 13.1 Å². The van der Waals surface area contributed by atoms with E-state index >= 15 is 0 Å². The van der Waals surface area contributed by atoms with Crippen LogP contribution in [-0.4, -0.2) is 22.8 Å². The van der Waals surface area contributed by atoms with Crippen molar-refractivity contribution in [2.24, 2.45) is 5.73 Å². The van der Waals surface area contributed by atoms with Crippen LogP contribution in [0.3, 0.4) is 0 Å². The van der Waals surface area contributed by atoms with E-state index in [2.05, 4.69) is 23.0 Å². The van der Waals surface area contributed by atoms with Gasteiger partial charge in [-0.15, -0.1) is 0 Å². The van der Waals surface area contributed by atoms with E-state index in [0.29, 0.717) is 0 Å². The second-order valence-electron chi connectivity index (χ2n) is 4.65. The van der Waals surface area contributed by atoms with Crippen LogP contribution in [0.2, 0.25) is 0 Å². The molecule has 0 spiro atoms. The van der Waals surface area contributed by atoms with Crippen LogP contribution in [0.4, 0.5) is 0 Å². The van der Waals surface area contributed by atoms with Crippen LogP contribution in [0.1, 0.15) is 16.7 Å². The second-order valence-corrected chi connectivity index (χ2v) is 4.65. The summed E-state index contributed by atoms with van der Waals surface area (Å²) in [6, 6.07) is 11.8. The third kappa shape index (κ3) is 3.89. The first-order chi connectivity index (χ1) is 9.15. The number of nitrogens with two attached hydrogens (primary N) is 1. The van der Waals surface area contributed by atoms with E-state index in [0.717, 1.165) is 24.2 Å². The number of nitrogens with one attached hydrogen (secondary N) is 1. The summed E-state index contributed by atoms with van der Waals surface area (Å²) in [5.74, 6) is 0.108. The van der Waals surface area contributed by atoms with Gasteiger partial charge in [0, 0.05) is 31.0 Å². The zero-order valence-corrected chi connectivity index (χ0v) is 11.0. The number of nitrogen functional groups attached to an aromatic ring is 1. The number of pyridine rings is 1. The SMILES string of the molecule is CN(Cc1cccnc1)Cc1cccc(C(=N)N)c1. The van der Waals surface area contributed by atoms with Gasteiger partial charge in [-0.05, 0) is 30.3 Å². The van der Waals surface area contributed by atoms with Crippen molar-refractivity contribution in [1.29, 1.82) is 5.41 Å². The fraction of sp³-hybridized carbons (Fsp3) is 0.200. The topological polar surface area (TPSA) is 66.0 Å². The minimum Gasteiger partial charge on any atom is -0.384 e. The van der Waals surface area contributed by atoms with Crippen LogP contribution in [0.15, 0.2) is 48.8 Å². The molecular weight excluding hydrogens is 236 g/mol. The Morgan fingerprint density at radius 3 is 2.63 bits per heavy atom. The Bertz CT molecular complexity index is 551. The number of hydrogen-bond donors (Lipinski definition) is 2. The average molecular weight is 254 g/mol. The van der Waals surface area contributed by atoms with Gasteiger partial charge in [-0.1, -0.05) is 24.3 Å². The number of benzene rings is 1. The van der Waals surface area contributed by atoms with E-state index in [4.69, 9.17) is 11.1 Å². The van der Waals surface area contributed by atoms with E-state index < -0.39 is 0 Å². The van der Waals surface area contributed by atoms with Crippen LogP contribution in [-0.2, 0) is 13.1 Å². The molecule has 0 unspecified atom stereocenters. The predicted molar refractivity (Wildman–Crippen MR) is 76.9 cm³/mol. The van der Waals surface area contributed by atoms with Gasteiger partial charge >= 0.3 is 0 Å². The standard InChI is InChI=1S/C15H18N4/c1-19(11-13-5-3-7-18-9-13)10-12-4-2-6-14(8-12)15(16)17/h2-9H,10-11H2,1H3,(H3,16,17). The Labute approximate surface area is 113 Å². The highest BCUT2D eigenvalue weighted by molar-refractivity contribution is 5.95. The van der Waals surface area contributed by atoms with E-state index in [-0.39, 0.29) is 5.84 Å². The summed E-state index contributed by atoms with van der Waals surface area (Å²) in [5.41, 5.74) is 8.61. The molecule has 0 bridgehead atoms. The Hall–Kier alpha value is -2.20. The van der Waals surface area contributed by atoms with Gasteiger partial charge in [0.05, 0.1) is 0 Å². The van der Waals surface area contributed by atoms with E-state index in [1.165, 1.54) is 5.56 Å². The van der Waals surface area contributed by atoms with Gasteiger partial charge < -0.3 is 5.73 Å². The number of rotatable bonds is 5. The Kier molecular flexibility index (Phi) is 4.26. The van der Waals surface area contributed by atoms with Gasteiger partial charge in [0.15, 0.2) is 0 Å². The number of amidine groups is 1. The maximum absolute atomic E-state index is 7.45. The maximum atomic E-state index is 7.45. The van der Waals surface area contributed by atoms with Gasteiger partial charge in [-0.3, -0.25) is 15.3 Å². The minimum atomic E-state index is 0.108. The van der Waals surface area contributed by atoms with E-state index in [1.807, 2.05) is 36.5 Å². The first-order valence-electron chi connectivity index (χ1n) is 6.16. The largest absolute Gasteiger partial charge is 0.384 e. The molecule has 0 saturated carbocycles. The molecule has 1 aromatic heterocycles. The van der Waals surface area contributed by atoms with Crippen molar-refractivity contribution in [1.82, 2.24) is 9.88 Å². The first-order valence-corrected chi connectivity index (χ1v) is 6.16. The lowest BCUT2D eigenvalue weighted by Gasteiger charge is -2.17. The molecule has 1 aromatic carbocycles. The maximum Gasteiger partial charge on any atom is 0.122 e. The van der Waals surface area contributed by atoms with Crippen LogP contribution in [0.25, 0.3) is 0 Å². The third-order valence-electron chi connectivity index (χ3n) is 2.87. The van der Waals surface area contributed by atoms with Crippen molar-refractivity contribution in [3.63, 3.8) is 0 Å². The average Bonchev–Trinajstić information content (AvgIpc) is 2.40. The fourth-order valence-corrected chi connectivity index (χ4v) is 2.01. The first kappa shape index (κ1) is 13.2. The summed E-state index contributed by atoms with van der Waals surface area (Å²) in [6.07, 6.45) is 3.66. The van der Waals surface area contributed by atoms with Gasteiger partial charge in [-0.2, -0.15) is 0 Å². The quantitative estimate of drug-likeness (QED) is 0.633. The molecular formula is C15H18N4. The molecule has 98 valence electrons. The zero-order valence-electron chi connectivity index (χ0n) is 11.0. The lowest BCUT2D eigenvalue weighted by atomic mass is 10.1. The Morgan fingerprint density at radius 1 is 1.21 bits per heavy atom. The normalized spacial score (nSPS) is 10.6. The van der Waals surface area contributed by atoms with Gasteiger partial charge in [0.2, 0.25) is 0 Å². The third-order valence-corrected chi connectivity index (χ3v) is 2.87. The molecule has 0 amide bonds. The van der Waals surface area contributed by atoms with Crippen LogP contribution >= 0.6 is 0 Å². The number of nitrogens with zero attached hydrogens (tertiary/aromatic N) is 2. The molecule has 0 aliphatic carbocycles. The van der Waals surface area contributed by atoms with Crippen molar-refractivity contribution < 1.29 is 0 Å². The number of aromatic nitrogens is 1. The summed E-state index contributed by atoms with van der Waals surface area (Å²) >= 11 is 0. The summed E-state index contributed by atoms with van der Waals surface area (Å²) in [6.45, 7) is 1.66. The van der Waals surface area contributed by atoms with E-state index in [1.54, 1.807) is 6.20 Å². The lowest BCUT2D eigenvalue weighted by Crippen LogP contribution is -2.18. The fourth-order valence-electron chi connectivity index (χ4n) is 2.01. The zero-order chi connectivity index (χ0) is 13.7. The predicted octanol–water partition coefficient (Wildman–Crippen LogP) is 2.00. The molecule has 2 rings (SSSR count). The monoisotopic (exact) mass is 254 g/mol. The highest BCUT2D eigenvalue weighted by Gasteiger charge is 2.03. The number of hydrogen-bond acceptors (Lipinski definition) is 3. The molecule has 4 heteroatoms. The molecule has 0 fully saturated rings. The van der Waals surface area contributed by atoms with Crippen molar-refractivity contribution >= 4 is 5.84 Å². The molecule has 0 atom stereocenters. The second kappa shape index (κ2) is 6.11. The van der Waals surface area contributed by atoms with Gasteiger partial charge in [0.25, 0.3) is 0 Å². The summed E-state index contributed by atoms with van der Waals surface area (Å²) in [5, 5.41) is 7.45. The van der Waals surface area contributed by atoms with Crippen molar-refractivity contribution in [2.75, 3.05) is 7.05 Å². The summed E-state index contributed by atoms with van der Waals surface area (Å²) in [7, 11) is 2.06. The van der Waals surface area contributed by atoms with Crippen LogP contribution in [0.5, 0.6) is 0 Å². The molecule has 1 heterocycles. The minimum absolute atomic E-state index is 0.108. The van der Waals surface area contributed by atoms with Crippen molar-refractivity contribution in [3.8, 4) is 0 Å². The molecule has 19 heavy (non-hydrogen) atoms.